The van der Waals surface area contributed by atoms with E-state index < -0.39 is 11.7 Å². The largest absolute Gasteiger partial charge is 0.416 e. The maximum atomic E-state index is 13.3. The Morgan fingerprint density at radius 2 is 1.97 bits per heavy atom. The molecule has 3 heterocycles. The van der Waals surface area contributed by atoms with Gasteiger partial charge in [-0.2, -0.15) is 18.3 Å². The zero-order valence-electron chi connectivity index (χ0n) is 16.7. The lowest BCUT2D eigenvalue weighted by atomic mass is 9.94. The number of rotatable bonds is 3. The van der Waals surface area contributed by atoms with Crippen molar-refractivity contribution in [2.45, 2.75) is 31.6 Å². The number of halogens is 3. The number of hydrogen-bond acceptors (Lipinski definition) is 7. The molecule has 3 aliphatic rings. The average Bonchev–Trinajstić information content (AvgIpc) is 3.07. The van der Waals surface area contributed by atoms with Crippen molar-refractivity contribution in [3.05, 3.63) is 46.7 Å². The number of amidine groups is 2. The second-order valence-electron chi connectivity index (χ2n) is 7.62. The number of hydrazone groups is 1. The minimum atomic E-state index is -4.40. The van der Waals surface area contributed by atoms with Crippen molar-refractivity contribution in [3.8, 4) is 0 Å². The van der Waals surface area contributed by atoms with Crippen molar-refractivity contribution in [1.29, 1.82) is 0 Å². The number of hydrogen-bond donors (Lipinski definition) is 2. The smallest absolute Gasteiger partial charge is 0.396 e. The summed E-state index contributed by atoms with van der Waals surface area (Å²) < 4.78 is 45.4. The normalized spacial score (nSPS) is 24.4. The van der Waals surface area contributed by atoms with E-state index in [9.17, 15) is 13.2 Å². The number of ether oxygens (including phenoxy) is 1. The van der Waals surface area contributed by atoms with Crippen LogP contribution in [-0.4, -0.2) is 66.5 Å². The summed E-state index contributed by atoms with van der Waals surface area (Å²) >= 11 is 0. The van der Waals surface area contributed by atoms with E-state index in [1.165, 1.54) is 13.0 Å². The highest BCUT2D eigenvalue weighted by atomic mass is 19.4. The van der Waals surface area contributed by atoms with Crippen molar-refractivity contribution in [2.75, 3.05) is 32.8 Å². The first-order chi connectivity index (χ1) is 14.3. The van der Waals surface area contributed by atoms with Crippen LogP contribution < -0.4 is 11.5 Å². The number of morpholine rings is 1. The molecule has 0 aliphatic carbocycles. The van der Waals surface area contributed by atoms with Gasteiger partial charge in [0.1, 0.15) is 0 Å². The molecule has 7 nitrogen and oxygen atoms in total. The van der Waals surface area contributed by atoms with E-state index in [-0.39, 0.29) is 24.2 Å². The molecule has 162 valence electrons. The van der Waals surface area contributed by atoms with Gasteiger partial charge in [0.25, 0.3) is 0 Å². The molecule has 30 heavy (non-hydrogen) atoms. The fraction of sp³-hybridized carbons (Fsp3) is 0.500. The molecule has 1 fully saturated rings. The SMILES string of the molecule is Cc1c(CC2C(CN)N=C3C(N)=CC(N4CCOCC4)=NN32)cccc1C(F)(F)F. The predicted octanol–water partition coefficient (Wildman–Crippen LogP) is 1.47. The van der Waals surface area contributed by atoms with Crippen LogP contribution in [0.2, 0.25) is 0 Å². The molecule has 1 saturated heterocycles. The maximum Gasteiger partial charge on any atom is 0.416 e. The lowest BCUT2D eigenvalue weighted by Crippen LogP contribution is -2.47. The van der Waals surface area contributed by atoms with Gasteiger partial charge in [0, 0.05) is 25.7 Å². The van der Waals surface area contributed by atoms with Crippen molar-refractivity contribution < 1.29 is 17.9 Å². The van der Waals surface area contributed by atoms with Crippen molar-refractivity contribution >= 4 is 11.7 Å². The third kappa shape index (κ3) is 3.77. The molecule has 1 aromatic carbocycles. The Bertz CT molecular complexity index is 904. The summed E-state index contributed by atoms with van der Waals surface area (Å²) in [6.45, 7) is 4.34. The predicted molar refractivity (Wildman–Crippen MR) is 108 cm³/mol. The first-order valence-electron chi connectivity index (χ1n) is 9.91. The minimum Gasteiger partial charge on any atom is -0.396 e. The molecule has 2 atom stereocenters. The Morgan fingerprint density at radius 1 is 1.23 bits per heavy atom. The summed E-state index contributed by atoms with van der Waals surface area (Å²) in [7, 11) is 0. The molecule has 2 unspecified atom stereocenters. The van der Waals surface area contributed by atoms with E-state index >= 15 is 0 Å². The lowest BCUT2D eigenvalue weighted by molar-refractivity contribution is -0.138. The molecule has 0 spiro atoms. The van der Waals surface area contributed by atoms with Crippen molar-refractivity contribution in [3.63, 3.8) is 0 Å². The molecular weight excluding hydrogens is 397 g/mol. The zero-order chi connectivity index (χ0) is 21.5. The second-order valence-corrected chi connectivity index (χ2v) is 7.62. The van der Waals surface area contributed by atoms with Crippen LogP contribution in [0.25, 0.3) is 0 Å². The molecule has 0 bridgehead atoms. The van der Waals surface area contributed by atoms with E-state index in [1.54, 1.807) is 17.2 Å². The summed E-state index contributed by atoms with van der Waals surface area (Å²) in [5, 5.41) is 6.48. The fourth-order valence-corrected chi connectivity index (χ4v) is 4.11. The fourth-order valence-electron chi connectivity index (χ4n) is 4.11. The summed E-state index contributed by atoms with van der Waals surface area (Å²) in [5.74, 6) is 1.23. The van der Waals surface area contributed by atoms with Gasteiger partial charge in [0.05, 0.1) is 36.6 Å². The number of alkyl halides is 3. The molecule has 0 radical (unpaired) electrons. The third-order valence-corrected chi connectivity index (χ3v) is 5.77. The van der Waals surface area contributed by atoms with Gasteiger partial charge in [-0.25, -0.2) is 5.01 Å². The highest BCUT2D eigenvalue weighted by molar-refractivity contribution is 6.09. The van der Waals surface area contributed by atoms with E-state index in [4.69, 9.17) is 21.3 Å². The second kappa shape index (κ2) is 7.92. The third-order valence-electron chi connectivity index (χ3n) is 5.77. The van der Waals surface area contributed by atoms with Gasteiger partial charge in [-0.15, -0.1) is 0 Å². The molecular formula is C20H25F3N6O. The Hall–Kier alpha value is -2.59. The minimum absolute atomic E-state index is 0.215. The van der Waals surface area contributed by atoms with Gasteiger partial charge in [-0.1, -0.05) is 12.1 Å². The van der Waals surface area contributed by atoms with Crippen LogP contribution in [-0.2, 0) is 17.3 Å². The van der Waals surface area contributed by atoms with Gasteiger partial charge in [-0.05, 0) is 30.5 Å². The van der Waals surface area contributed by atoms with E-state index in [2.05, 4.69) is 9.89 Å². The number of nitrogens with two attached hydrogens (primary N) is 2. The standard InChI is InChI=1S/C20H25F3N6O/c1-12-13(3-2-4-14(12)20(21,22)23)9-17-16(11-24)26-19-15(25)10-18(27-29(17)19)28-5-7-30-8-6-28/h2-4,10,16-17H,5-9,11,24-25H2,1H3. The quantitative estimate of drug-likeness (QED) is 0.770. The van der Waals surface area contributed by atoms with Crippen LogP contribution in [0.15, 0.2) is 40.1 Å². The van der Waals surface area contributed by atoms with Crippen molar-refractivity contribution in [1.82, 2.24) is 9.91 Å². The zero-order valence-corrected chi connectivity index (χ0v) is 16.7. The Kier molecular flexibility index (Phi) is 5.46. The van der Waals surface area contributed by atoms with Crippen LogP contribution in [0.5, 0.6) is 0 Å². The average molecular weight is 422 g/mol. The van der Waals surface area contributed by atoms with Crippen molar-refractivity contribution in [2.24, 2.45) is 21.6 Å². The summed E-state index contributed by atoms with van der Waals surface area (Å²) in [6.07, 6.45) is -2.28. The van der Waals surface area contributed by atoms with E-state index in [0.717, 1.165) is 6.07 Å². The monoisotopic (exact) mass is 422 g/mol. The summed E-state index contributed by atoms with van der Waals surface area (Å²) in [5.41, 5.74) is 12.9. The molecule has 4 rings (SSSR count). The molecule has 1 aromatic rings. The van der Waals surface area contributed by atoms with Crippen LogP contribution in [0, 0.1) is 6.92 Å². The van der Waals surface area contributed by atoms with E-state index in [1.807, 2.05) is 0 Å². The molecule has 4 N–H and O–H groups in total. The maximum absolute atomic E-state index is 13.3. The number of fused-ring (bicyclic) bond motifs is 1. The van der Waals surface area contributed by atoms with Crippen LogP contribution in [0.3, 0.4) is 0 Å². The Balaban J connectivity index is 1.65. The molecule has 3 aliphatic heterocycles. The molecule has 10 heteroatoms. The number of nitrogens with zero attached hydrogens (tertiary/aromatic N) is 4. The number of aliphatic imine (C=N–C) groups is 1. The summed E-state index contributed by atoms with van der Waals surface area (Å²) in [4.78, 5) is 6.70. The van der Waals surface area contributed by atoms with Crippen LogP contribution in [0.4, 0.5) is 13.2 Å². The highest BCUT2D eigenvalue weighted by Gasteiger charge is 2.40. The van der Waals surface area contributed by atoms with Gasteiger partial charge in [0.2, 0.25) is 0 Å². The summed E-state index contributed by atoms with van der Waals surface area (Å²) in [6, 6.07) is 3.63. The van der Waals surface area contributed by atoms with E-state index in [0.29, 0.717) is 55.7 Å². The first kappa shape index (κ1) is 20.7. The Labute approximate surface area is 172 Å². The molecule has 0 saturated carbocycles. The van der Waals surface area contributed by atoms with Gasteiger partial charge in [-0.3, -0.25) is 4.99 Å². The van der Waals surface area contributed by atoms with Gasteiger partial charge in [0.15, 0.2) is 11.7 Å². The Morgan fingerprint density at radius 3 is 2.63 bits per heavy atom. The molecule has 0 aromatic heterocycles. The topological polar surface area (TPSA) is 92.5 Å². The van der Waals surface area contributed by atoms with Gasteiger partial charge >= 0.3 is 6.18 Å². The number of benzene rings is 1. The van der Waals surface area contributed by atoms with Gasteiger partial charge < -0.3 is 21.1 Å². The van der Waals surface area contributed by atoms with Crippen LogP contribution >= 0.6 is 0 Å². The van der Waals surface area contributed by atoms with Crippen LogP contribution in [0.1, 0.15) is 16.7 Å². The highest BCUT2D eigenvalue weighted by Crippen LogP contribution is 2.34. The first-order valence-corrected chi connectivity index (χ1v) is 9.91. The molecule has 0 amide bonds. The lowest BCUT2D eigenvalue weighted by Gasteiger charge is -2.34.